The minimum absolute atomic E-state index is 0.0377. The number of nitriles is 1. The predicted molar refractivity (Wildman–Crippen MR) is 112 cm³/mol. The summed E-state index contributed by atoms with van der Waals surface area (Å²) in [6.07, 6.45) is -4.80. The molecule has 1 amide bonds. The highest BCUT2D eigenvalue weighted by molar-refractivity contribution is 8.00. The Balaban J connectivity index is 2.00. The van der Waals surface area contributed by atoms with E-state index in [1.807, 2.05) is 0 Å². The van der Waals surface area contributed by atoms with Gasteiger partial charge in [-0.3, -0.25) is 10.1 Å². The fourth-order valence-electron chi connectivity index (χ4n) is 2.62. The van der Waals surface area contributed by atoms with Gasteiger partial charge in [0.05, 0.1) is 36.8 Å². The number of anilines is 1. The zero-order valence-corrected chi connectivity index (χ0v) is 18.2. The second kappa shape index (κ2) is 9.84. The molecule has 0 unspecified atom stereocenters. The third kappa shape index (κ3) is 5.27. The highest BCUT2D eigenvalue weighted by Crippen LogP contribution is 2.39. The lowest BCUT2D eigenvalue weighted by molar-refractivity contribution is -0.138. The number of nitrogens with zero attached hydrogens (tertiary/aromatic N) is 4. The van der Waals surface area contributed by atoms with E-state index in [2.05, 4.69) is 20.5 Å². The van der Waals surface area contributed by atoms with E-state index in [0.717, 1.165) is 17.4 Å². The summed E-state index contributed by atoms with van der Waals surface area (Å²) in [6, 6.07) is 6.88. The van der Waals surface area contributed by atoms with Crippen LogP contribution in [-0.2, 0) is 11.0 Å². The number of carbonyl (C=O) groups is 1. The number of ether oxygens (including phenoxy) is 2. The van der Waals surface area contributed by atoms with Gasteiger partial charge in [0.2, 0.25) is 11.0 Å². The average Bonchev–Trinajstić information content (AvgIpc) is 3.28. The number of methoxy groups -OCH3 is 2. The van der Waals surface area contributed by atoms with Crippen LogP contribution in [0.2, 0.25) is 0 Å². The van der Waals surface area contributed by atoms with Crippen molar-refractivity contribution in [3.05, 3.63) is 40.9 Å². The van der Waals surface area contributed by atoms with Crippen LogP contribution in [0.5, 0.6) is 11.5 Å². The summed E-state index contributed by atoms with van der Waals surface area (Å²) in [5.74, 6) is -0.115. The molecule has 1 N–H and O–H groups in total. The number of amides is 1. The number of rotatable bonds is 7. The number of halogens is 3. The van der Waals surface area contributed by atoms with Crippen LogP contribution in [0.25, 0.3) is 11.3 Å². The van der Waals surface area contributed by atoms with Gasteiger partial charge in [0.1, 0.15) is 16.6 Å². The molecule has 0 saturated carbocycles. The van der Waals surface area contributed by atoms with Gasteiger partial charge in [0, 0.05) is 5.56 Å². The summed E-state index contributed by atoms with van der Waals surface area (Å²) in [7, 11) is 2.83. The van der Waals surface area contributed by atoms with Crippen molar-refractivity contribution < 1.29 is 27.4 Å². The van der Waals surface area contributed by atoms with Gasteiger partial charge in [-0.25, -0.2) is 4.98 Å². The summed E-state index contributed by atoms with van der Waals surface area (Å²) in [5.41, 5.74) is -0.107. The van der Waals surface area contributed by atoms with Gasteiger partial charge < -0.3 is 9.47 Å². The molecule has 0 aliphatic rings. The molecule has 2 heterocycles. The largest absolute Gasteiger partial charge is 0.493 e. The van der Waals surface area contributed by atoms with E-state index < -0.39 is 23.2 Å². The van der Waals surface area contributed by atoms with Crippen LogP contribution in [0.15, 0.2) is 34.8 Å². The smallest absolute Gasteiger partial charge is 0.417 e. The van der Waals surface area contributed by atoms with Crippen molar-refractivity contribution in [1.82, 2.24) is 15.2 Å². The van der Waals surface area contributed by atoms with Crippen LogP contribution in [0.3, 0.4) is 0 Å². The Kier molecular flexibility index (Phi) is 7.16. The van der Waals surface area contributed by atoms with E-state index in [0.29, 0.717) is 28.8 Å². The molecule has 0 atom stereocenters. The molecule has 2 aromatic heterocycles. The Hall–Kier alpha value is -3.37. The number of hydrogen-bond acceptors (Lipinski definition) is 9. The summed E-state index contributed by atoms with van der Waals surface area (Å²) in [6.45, 7) is 0. The number of benzene rings is 1. The highest BCUT2D eigenvalue weighted by Gasteiger charge is 2.36. The van der Waals surface area contributed by atoms with E-state index in [-0.39, 0.29) is 21.6 Å². The molecule has 0 spiro atoms. The van der Waals surface area contributed by atoms with Gasteiger partial charge in [0.15, 0.2) is 11.5 Å². The molecule has 0 saturated heterocycles. The van der Waals surface area contributed by atoms with Crippen LogP contribution in [0.1, 0.15) is 11.1 Å². The van der Waals surface area contributed by atoms with Crippen LogP contribution in [-0.4, -0.2) is 41.1 Å². The maximum Gasteiger partial charge on any atom is 0.417 e. The van der Waals surface area contributed by atoms with Crippen molar-refractivity contribution in [3.8, 4) is 28.8 Å². The Morgan fingerprint density at radius 3 is 2.59 bits per heavy atom. The standard InChI is InChI=1S/C19H14F3N5O3S2/c1-29-14-4-3-10(5-15(14)30-2)13-6-12(19(20,21)22)11(7-23)17(25-13)31-8-16(28)26-18-27-24-9-32-18/h3-6,9H,8H2,1-2H3,(H,26,27,28). The maximum atomic E-state index is 13.7. The third-order valence-corrected chi connectivity index (χ3v) is 5.61. The van der Waals surface area contributed by atoms with Gasteiger partial charge in [0.25, 0.3) is 0 Å². The second-order valence-electron chi connectivity index (χ2n) is 6.00. The average molecular weight is 481 g/mol. The lowest BCUT2D eigenvalue weighted by Crippen LogP contribution is -2.15. The van der Waals surface area contributed by atoms with Gasteiger partial charge in [-0.1, -0.05) is 23.1 Å². The van der Waals surface area contributed by atoms with Crippen molar-refractivity contribution >= 4 is 34.1 Å². The lowest BCUT2D eigenvalue weighted by atomic mass is 10.0. The molecule has 166 valence electrons. The van der Waals surface area contributed by atoms with E-state index in [1.54, 1.807) is 6.07 Å². The molecule has 0 aliphatic carbocycles. The Labute approximate surface area is 188 Å². The van der Waals surface area contributed by atoms with Gasteiger partial charge in [-0.2, -0.15) is 18.4 Å². The molecule has 32 heavy (non-hydrogen) atoms. The first kappa shape index (κ1) is 23.3. The van der Waals surface area contributed by atoms with Crippen LogP contribution < -0.4 is 14.8 Å². The van der Waals surface area contributed by atoms with E-state index >= 15 is 0 Å². The number of aromatic nitrogens is 3. The van der Waals surface area contributed by atoms with Gasteiger partial charge in [-0.15, -0.1) is 10.2 Å². The van der Waals surface area contributed by atoms with Crippen LogP contribution >= 0.6 is 23.1 Å². The third-order valence-electron chi connectivity index (χ3n) is 4.03. The zero-order chi connectivity index (χ0) is 23.3. The number of pyridine rings is 1. The fraction of sp³-hybridized carbons (Fsp3) is 0.211. The first-order valence-electron chi connectivity index (χ1n) is 8.70. The predicted octanol–water partition coefficient (Wildman–Crippen LogP) is 4.24. The van der Waals surface area contributed by atoms with Gasteiger partial charge in [-0.05, 0) is 24.3 Å². The summed E-state index contributed by atoms with van der Waals surface area (Å²) in [5, 5.41) is 19.1. The second-order valence-corrected chi connectivity index (χ2v) is 7.79. The molecule has 0 radical (unpaired) electrons. The van der Waals surface area contributed by atoms with E-state index in [1.165, 1.54) is 37.9 Å². The highest BCUT2D eigenvalue weighted by atomic mass is 32.2. The zero-order valence-electron chi connectivity index (χ0n) is 16.6. The summed E-state index contributed by atoms with van der Waals surface area (Å²) < 4.78 is 51.5. The number of alkyl halides is 3. The number of carbonyl (C=O) groups excluding carboxylic acids is 1. The molecular formula is C19H14F3N5O3S2. The first-order chi connectivity index (χ1) is 15.3. The van der Waals surface area contributed by atoms with E-state index in [9.17, 15) is 23.2 Å². The molecule has 0 fully saturated rings. The molecule has 0 bridgehead atoms. The number of hydrogen-bond donors (Lipinski definition) is 1. The van der Waals surface area contributed by atoms with Crippen molar-refractivity contribution in [2.45, 2.75) is 11.2 Å². The molecule has 13 heteroatoms. The van der Waals surface area contributed by atoms with Crippen LogP contribution in [0, 0.1) is 11.3 Å². The molecular weight excluding hydrogens is 467 g/mol. The normalized spacial score (nSPS) is 11.0. The van der Waals surface area contributed by atoms with Crippen LogP contribution in [0.4, 0.5) is 18.3 Å². The van der Waals surface area contributed by atoms with Crippen molar-refractivity contribution in [1.29, 1.82) is 5.26 Å². The minimum atomic E-state index is -4.80. The monoisotopic (exact) mass is 481 g/mol. The van der Waals surface area contributed by atoms with Crippen molar-refractivity contribution in [3.63, 3.8) is 0 Å². The molecule has 3 rings (SSSR count). The van der Waals surface area contributed by atoms with Crippen molar-refractivity contribution in [2.75, 3.05) is 25.3 Å². The fourth-order valence-corrected chi connectivity index (χ4v) is 3.88. The molecule has 3 aromatic rings. The molecule has 0 aliphatic heterocycles. The number of thioether (sulfide) groups is 1. The van der Waals surface area contributed by atoms with Crippen molar-refractivity contribution in [2.24, 2.45) is 0 Å². The van der Waals surface area contributed by atoms with E-state index in [4.69, 9.17) is 9.47 Å². The lowest BCUT2D eigenvalue weighted by Gasteiger charge is -2.15. The number of nitrogens with one attached hydrogen (secondary N) is 1. The topological polar surface area (TPSA) is 110 Å². The Bertz CT molecular complexity index is 1160. The SMILES string of the molecule is COc1ccc(-c2cc(C(F)(F)F)c(C#N)c(SCC(=O)Nc3nncs3)n2)cc1OC. The quantitative estimate of drug-likeness (QED) is 0.499. The first-order valence-corrected chi connectivity index (χ1v) is 10.6. The molecule has 1 aromatic carbocycles. The van der Waals surface area contributed by atoms with Gasteiger partial charge >= 0.3 is 6.18 Å². The Morgan fingerprint density at radius 2 is 2.00 bits per heavy atom. The molecule has 8 nitrogen and oxygen atoms in total. The Morgan fingerprint density at radius 1 is 1.25 bits per heavy atom. The maximum absolute atomic E-state index is 13.7. The summed E-state index contributed by atoms with van der Waals surface area (Å²) in [4.78, 5) is 16.3. The minimum Gasteiger partial charge on any atom is -0.493 e. The summed E-state index contributed by atoms with van der Waals surface area (Å²) >= 11 is 1.80.